The van der Waals surface area contributed by atoms with Crippen molar-refractivity contribution in [1.29, 1.82) is 0 Å². The molecule has 0 unspecified atom stereocenters. The van der Waals surface area contributed by atoms with Gasteiger partial charge in [-0.15, -0.1) is 0 Å². The molecule has 0 amide bonds. The van der Waals surface area contributed by atoms with Crippen LogP contribution in [0.15, 0.2) is 24.3 Å². The molecular weight excluding hydrogens is 236 g/mol. The third-order valence-corrected chi connectivity index (χ3v) is 3.97. The maximum Gasteiger partial charge on any atom is 0.163 e. The van der Waals surface area contributed by atoms with Gasteiger partial charge in [0.05, 0.1) is 6.61 Å². The molecule has 0 bridgehead atoms. The van der Waals surface area contributed by atoms with E-state index < -0.39 is 0 Å². The topological polar surface area (TPSA) is 26.3 Å². The second-order valence-electron chi connectivity index (χ2n) is 5.43. The molecule has 104 valence electrons. The van der Waals surface area contributed by atoms with Crippen molar-refractivity contribution in [2.24, 2.45) is 5.92 Å². The Morgan fingerprint density at radius 2 is 2.05 bits per heavy atom. The molecule has 1 fully saturated rings. The highest BCUT2D eigenvalue weighted by Gasteiger charge is 2.15. The van der Waals surface area contributed by atoms with Crippen LogP contribution in [0.3, 0.4) is 0 Å². The van der Waals surface area contributed by atoms with Crippen LogP contribution in [0, 0.1) is 5.92 Å². The first-order chi connectivity index (χ1) is 9.29. The largest absolute Gasteiger partial charge is 0.494 e. The molecule has 0 heterocycles. The van der Waals surface area contributed by atoms with Gasteiger partial charge in [-0.25, -0.2) is 0 Å². The Hall–Kier alpha value is -1.31. The SMILES string of the molecule is CCOc1cccc(C(=O)CCC2CCCCC2)c1. The standard InChI is InChI=1S/C17H24O2/c1-2-19-16-10-6-9-15(13-16)17(18)12-11-14-7-4-3-5-8-14/h6,9-10,13-14H,2-5,7-8,11-12H2,1H3. The number of carbonyl (C=O) groups excluding carboxylic acids is 1. The Kier molecular flexibility index (Phi) is 5.44. The monoisotopic (exact) mass is 260 g/mol. The number of benzene rings is 1. The number of ether oxygens (including phenoxy) is 1. The van der Waals surface area contributed by atoms with Crippen molar-refractivity contribution in [3.63, 3.8) is 0 Å². The predicted molar refractivity (Wildman–Crippen MR) is 77.8 cm³/mol. The van der Waals surface area contributed by atoms with Gasteiger partial charge in [-0.3, -0.25) is 4.79 Å². The van der Waals surface area contributed by atoms with E-state index in [1.807, 2.05) is 31.2 Å². The predicted octanol–water partition coefficient (Wildman–Crippen LogP) is 4.63. The molecule has 1 aromatic carbocycles. The molecule has 0 radical (unpaired) electrons. The van der Waals surface area contributed by atoms with Crippen LogP contribution < -0.4 is 4.74 Å². The molecular formula is C17H24O2. The van der Waals surface area contributed by atoms with E-state index in [1.165, 1.54) is 32.1 Å². The Balaban J connectivity index is 1.86. The lowest BCUT2D eigenvalue weighted by Gasteiger charge is -2.20. The fraction of sp³-hybridized carbons (Fsp3) is 0.588. The van der Waals surface area contributed by atoms with E-state index in [2.05, 4.69) is 0 Å². The third-order valence-electron chi connectivity index (χ3n) is 3.97. The Bertz CT molecular complexity index is 405. The second-order valence-corrected chi connectivity index (χ2v) is 5.43. The molecule has 2 nitrogen and oxygen atoms in total. The fourth-order valence-electron chi connectivity index (χ4n) is 2.88. The van der Waals surface area contributed by atoms with Gasteiger partial charge in [0, 0.05) is 12.0 Å². The maximum absolute atomic E-state index is 12.2. The molecule has 0 N–H and O–H groups in total. The summed E-state index contributed by atoms with van der Waals surface area (Å²) in [4.78, 5) is 12.2. The molecule has 0 atom stereocenters. The van der Waals surface area contributed by atoms with E-state index in [1.54, 1.807) is 0 Å². The van der Waals surface area contributed by atoms with Crippen molar-refractivity contribution < 1.29 is 9.53 Å². The quantitative estimate of drug-likeness (QED) is 0.697. The van der Waals surface area contributed by atoms with Gasteiger partial charge in [0.25, 0.3) is 0 Å². The molecule has 2 rings (SSSR count). The lowest BCUT2D eigenvalue weighted by molar-refractivity contribution is 0.0969. The Labute approximate surface area is 116 Å². The molecule has 2 heteroatoms. The van der Waals surface area contributed by atoms with Gasteiger partial charge in [-0.2, -0.15) is 0 Å². The lowest BCUT2D eigenvalue weighted by Crippen LogP contribution is -2.09. The lowest BCUT2D eigenvalue weighted by atomic mass is 9.85. The summed E-state index contributed by atoms with van der Waals surface area (Å²) in [6.45, 7) is 2.59. The van der Waals surface area contributed by atoms with Gasteiger partial charge >= 0.3 is 0 Å². The van der Waals surface area contributed by atoms with E-state index in [0.717, 1.165) is 23.7 Å². The van der Waals surface area contributed by atoms with Crippen LogP contribution >= 0.6 is 0 Å². The van der Waals surface area contributed by atoms with Gasteiger partial charge < -0.3 is 4.74 Å². The Morgan fingerprint density at radius 1 is 1.26 bits per heavy atom. The average Bonchev–Trinajstić information content (AvgIpc) is 2.46. The highest BCUT2D eigenvalue weighted by molar-refractivity contribution is 5.96. The fourth-order valence-corrected chi connectivity index (χ4v) is 2.88. The first-order valence-corrected chi connectivity index (χ1v) is 7.55. The van der Waals surface area contributed by atoms with Crippen molar-refractivity contribution in [2.75, 3.05) is 6.61 Å². The van der Waals surface area contributed by atoms with Crippen LogP contribution in [-0.4, -0.2) is 12.4 Å². The van der Waals surface area contributed by atoms with Crippen molar-refractivity contribution in [3.8, 4) is 5.75 Å². The van der Waals surface area contributed by atoms with E-state index in [9.17, 15) is 4.79 Å². The van der Waals surface area contributed by atoms with Gasteiger partial charge in [0.1, 0.15) is 5.75 Å². The Morgan fingerprint density at radius 3 is 2.79 bits per heavy atom. The molecule has 0 aromatic heterocycles. The number of hydrogen-bond acceptors (Lipinski definition) is 2. The van der Waals surface area contributed by atoms with Crippen LogP contribution in [0.1, 0.15) is 62.2 Å². The molecule has 1 aliphatic rings. The van der Waals surface area contributed by atoms with Gasteiger partial charge in [0.2, 0.25) is 0 Å². The summed E-state index contributed by atoms with van der Waals surface area (Å²) in [5.41, 5.74) is 0.793. The number of Topliss-reactive ketones (excluding diaryl/α,β-unsaturated/α-hetero) is 1. The minimum atomic E-state index is 0.257. The summed E-state index contributed by atoms with van der Waals surface area (Å²) in [5.74, 6) is 1.82. The first kappa shape index (κ1) is 14.1. The first-order valence-electron chi connectivity index (χ1n) is 7.55. The molecule has 1 aromatic rings. The van der Waals surface area contributed by atoms with Crippen molar-refractivity contribution in [2.45, 2.75) is 51.9 Å². The summed E-state index contributed by atoms with van der Waals surface area (Å²) in [5, 5.41) is 0. The molecule has 1 aliphatic carbocycles. The minimum absolute atomic E-state index is 0.257. The van der Waals surface area contributed by atoms with Crippen LogP contribution in [0.25, 0.3) is 0 Å². The minimum Gasteiger partial charge on any atom is -0.494 e. The average molecular weight is 260 g/mol. The smallest absolute Gasteiger partial charge is 0.163 e. The van der Waals surface area contributed by atoms with E-state index in [4.69, 9.17) is 4.74 Å². The number of carbonyl (C=O) groups is 1. The summed E-state index contributed by atoms with van der Waals surface area (Å²) >= 11 is 0. The molecule has 1 saturated carbocycles. The maximum atomic E-state index is 12.2. The molecule has 0 spiro atoms. The number of rotatable bonds is 6. The number of hydrogen-bond donors (Lipinski definition) is 0. The highest BCUT2D eigenvalue weighted by Crippen LogP contribution is 2.28. The molecule has 0 aliphatic heterocycles. The highest BCUT2D eigenvalue weighted by atomic mass is 16.5. The molecule has 19 heavy (non-hydrogen) atoms. The molecule has 0 saturated heterocycles. The van der Waals surface area contributed by atoms with Crippen molar-refractivity contribution in [3.05, 3.63) is 29.8 Å². The van der Waals surface area contributed by atoms with Gasteiger partial charge in [-0.1, -0.05) is 44.2 Å². The second kappa shape index (κ2) is 7.32. The zero-order valence-electron chi connectivity index (χ0n) is 11.9. The van der Waals surface area contributed by atoms with Crippen molar-refractivity contribution >= 4 is 5.78 Å². The normalized spacial score (nSPS) is 16.3. The van der Waals surface area contributed by atoms with E-state index >= 15 is 0 Å². The number of ketones is 1. The zero-order chi connectivity index (χ0) is 13.5. The zero-order valence-corrected chi connectivity index (χ0v) is 11.9. The van der Waals surface area contributed by atoms with E-state index in [-0.39, 0.29) is 5.78 Å². The van der Waals surface area contributed by atoms with Crippen molar-refractivity contribution in [1.82, 2.24) is 0 Å². The summed E-state index contributed by atoms with van der Waals surface area (Å²) in [6.07, 6.45) is 8.43. The summed E-state index contributed by atoms with van der Waals surface area (Å²) < 4.78 is 5.44. The van der Waals surface area contributed by atoms with Crippen LogP contribution in [0.4, 0.5) is 0 Å². The van der Waals surface area contributed by atoms with Crippen LogP contribution in [-0.2, 0) is 0 Å². The van der Waals surface area contributed by atoms with Gasteiger partial charge in [-0.05, 0) is 31.4 Å². The summed E-state index contributed by atoms with van der Waals surface area (Å²) in [6, 6.07) is 7.57. The van der Waals surface area contributed by atoms with E-state index in [0.29, 0.717) is 13.0 Å². The summed E-state index contributed by atoms with van der Waals surface area (Å²) in [7, 11) is 0. The third kappa shape index (κ3) is 4.38. The van der Waals surface area contributed by atoms with Gasteiger partial charge in [0.15, 0.2) is 5.78 Å². The van der Waals surface area contributed by atoms with Crippen LogP contribution in [0.5, 0.6) is 5.75 Å². The van der Waals surface area contributed by atoms with Crippen LogP contribution in [0.2, 0.25) is 0 Å².